The molecule has 3 aromatic heterocycles. The second-order valence-corrected chi connectivity index (χ2v) is 13.3. The van der Waals surface area contributed by atoms with Crippen LogP contribution >= 0.6 is 11.3 Å². The predicted octanol–water partition coefficient (Wildman–Crippen LogP) is 12.1. The summed E-state index contributed by atoms with van der Waals surface area (Å²) < 4.78 is 5.03. The molecule has 7 aromatic carbocycles. The first-order valence-electron chi connectivity index (χ1n) is 16.2. The SMILES string of the molecule is c1ccc(-c2ccc3c(c2)c2cc4sc5ccccc5c4cc2n3-c2ccc(-c3nc(-c4ccccc4)c4ccccc4n3)cc2)cc1. The zero-order valence-electron chi connectivity index (χ0n) is 25.8. The van der Waals surface area contributed by atoms with Crippen LogP contribution in [0.4, 0.5) is 0 Å². The molecule has 3 nitrogen and oxygen atoms in total. The Morgan fingerprint density at radius 3 is 1.88 bits per heavy atom. The van der Waals surface area contributed by atoms with Gasteiger partial charge in [-0.3, -0.25) is 0 Å². The molecule has 10 rings (SSSR count). The molecule has 0 unspecified atom stereocenters. The lowest BCUT2D eigenvalue weighted by molar-refractivity contribution is 1.18. The van der Waals surface area contributed by atoms with Gasteiger partial charge >= 0.3 is 0 Å². The van der Waals surface area contributed by atoms with Crippen molar-refractivity contribution in [1.82, 2.24) is 14.5 Å². The van der Waals surface area contributed by atoms with Gasteiger partial charge < -0.3 is 4.57 Å². The molecule has 0 N–H and O–H groups in total. The van der Waals surface area contributed by atoms with Gasteiger partial charge in [0.25, 0.3) is 0 Å². The highest BCUT2D eigenvalue weighted by atomic mass is 32.1. The van der Waals surface area contributed by atoms with Crippen molar-refractivity contribution in [2.45, 2.75) is 0 Å². The van der Waals surface area contributed by atoms with E-state index in [0.29, 0.717) is 0 Å². The first-order chi connectivity index (χ1) is 23.8. The van der Waals surface area contributed by atoms with Crippen molar-refractivity contribution in [3.8, 4) is 39.5 Å². The van der Waals surface area contributed by atoms with Gasteiger partial charge in [-0.2, -0.15) is 0 Å². The second-order valence-electron chi connectivity index (χ2n) is 12.2. The third-order valence-electron chi connectivity index (χ3n) is 9.40. The number of thiophene rings is 1. The summed E-state index contributed by atoms with van der Waals surface area (Å²) in [5.41, 5.74) is 9.89. The van der Waals surface area contributed by atoms with Crippen LogP contribution in [-0.4, -0.2) is 14.5 Å². The van der Waals surface area contributed by atoms with E-state index < -0.39 is 0 Å². The Morgan fingerprint density at radius 2 is 1.06 bits per heavy atom. The number of benzene rings is 7. The van der Waals surface area contributed by atoms with E-state index in [1.54, 1.807) is 0 Å². The third-order valence-corrected chi connectivity index (χ3v) is 10.5. The van der Waals surface area contributed by atoms with Crippen LogP contribution in [0.5, 0.6) is 0 Å². The van der Waals surface area contributed by atoms with Crippen molar-refractivity contribution in [2.24, 2.45) is 0 Å². The van der Waals surface area contributed by atoms with Gasteiger partial charge in [0.15, 0.2) is 5.82 Å². The molecule has 3 heterocycles. The Labute approximate surface area is 281 Å². The second kappa shape index (κ2) is 10.7. The molecule has 0 atom stereocenters. The van der Waals surface area contributed by atoms with E-state index in [1.165, 1.54) is 53.1 Å². The van der Waals surface area contributed by atoms with Gasteiger partial charge in [0.1, 0.15) is 0 Å². The van der Waals surface area contributed by atoms with Crippen LogP contribution in [0.15, 0.2) is 164 Å². The Kier molecular flexibility index (Phi) is 6.05. The lowest BCUT2D eigenvalue weighted by atomic mass is 10.0. The summed E-state index contributed by atoms with van der Waals surface area (Å²) in [6, 6.07) is 58.4. The van der Waals surface area contributed by atoms with Crippen LogP contribution in [0.1, 0.15) is 0 Å². The number of aromatic nitrogens is 3. The fourth-order valence-corrected chi connectivity index (χ4v) is 8.23. The van der Waals surface area contributed by atoms with E-state index in [9.17, 15) is 0 Å². The Balaban J connectivity index is 1.17. The third kappa shape index (κ3) is 4.27. The van der Waals surface area contributed by atoms with Crippen LogP contribution in [0.25, 0.3) is 92.3 Å². The van der Waals surface area contributed by atoms with E-state index in [-0.39, 0.29) is 0 Å². The zero-order chi connectivity index (χ0) is 31.6. The summed E-state index contributed by atoms with van der Waals surface area (Å²) >= 11 is 1.87. The minimum Gasteiger partial charge on any atom is -0.309 e. The smallest absolute Gasteiger partial charge is 0.160 e. The molecule has 10 aromatic rings. The van der Waals surface area contributed by atoms with Gasteiger partial charge in [0, 0.05) is 53.1 Å². The molecule has 48 heavy (non-hydrogen) atoms. The maximum absolute atomic E-state index is 5.11. The zero-order valence-corrected chi connectivity index (χ0v) is 26.7. The van der Waals surface area contributed by atoms with Crippen molar-refractivity contribution in [1.29, 1.82) is 0 Å². The van der Waals surface area contributed by atoms with Crippen LogP contribution in [0.3, 0.4) is 0 Å². The maximum atomic E-state index is 5.11. The molecule has 0 fully saturated rings. The van der Waals surface area contributed by atoms with Crippen molar-refractivity contribution in [3.63, 3.8) is 0 Å². The van der Waals surface area contributed by atoms with Crippen molar-refractivity contribution in [2.75, 3.05) is 0 Å². The first kappa shape index (κ1) is 27.1. The van der Waals surface area contributed by atoms with Crippen molar-refractivity contribution >= 4 is 64.2 Å². The molecular weight excluding hydrogens is 603 g/mol. The van der Waals surface area contributed by atoms with Crippen LogP contribution in [-0.2, 0) is 0 Å². The molecule has 0 saturated heterocycles. The highest BCUT2D eigenvalue weighted by Crippen LogP contribution is 2.42. The molecule has 224 valence electrons. The molecule has 0 amide bonds. The van der Waals surface area contributed by atoms with Crippen LogP contribution in [0.2, 0.25) is 0 Å². The minimum absolute atomic E-state index is 0.722. The fourth-order valence-electron chi connectivity index (χ4n) is 7.11. The average molecular weight is 630 g/mol. The molecule has 0 aliphatic heterocycles. The molecule has 0 spiro atoms. The monoisotopic (exact) mass is 629 g/mol. The van der Waals surface area contributed by atoms with Gasteiger partial charge in [-0.05, 0) is 71.8 Å². The predicted molar refractivity (Wildman–Crippen MR) is 203 cm³/mol. The highest BCUT2D eigenvalue weighted by molar-refractivity contribution is 7.25. The summed E-state index contributed by atoms with van der Waals surface area (Å²) in [6.45, 7) is 0. The van der Waals surface area contributed by atoms with Gasteiger partial charge in [-0.25, -0.2) is 9.97 Å². The summed E-state index contributed by atoms with van der Waals surface area (Å²) in [5, 5.41) is 6.16. The average Bonchev–Trinajstić information content (AvgIpc) is 3.68. The van der Waals surface area contributed by atoms with Crippen molar-refractivity contribution in [3.05, 3.63) is 164 Å². The summed E-state index contributed by atoms with van der Waals surface area (Å²) in [5.74, 6) is 0.722. The first-order valence-corrected chi connectivity index (χ1v) is 17.0. The van der Waals surface area contributed by atoms with Crippen LogP contribution in [0, 0.1) is 0 Å². The lowest BCUT2D eigenvalue weighted by Crippen LogP contribution is -1.97. The largest absolute Gasteiger partial charge is 0.309 e. The number of rotatable bonds is 4. The fraction of sp³-hybridized carbons (Fsp3) is 0. The molecule has 0 bridgehead atoms. The molecular formula is C44H27N3S. The number of hydrogen-bond acceptors (Lipinski definition) is 3. The number of nitrogens with zero attached hydrogens (tertiary/aromatic N) is 3. The van der Waals surface area contributed by atoms with E-state index in [0.717, 1.165) is 39.2 Å². The number of para-hydroxylation sites is 1. The highest BCUT2D eigenvalue weighted by Gasteiger charge is 2.17. The normalized spacial score (nSPS) is 11.8. The van der Waals surface area contributed by atoms with E-state index in [4.69, 9.17) is 9.97 Å². The standard InChI is InChI=1S/C44H27N3S/c1-3-11-28(12-4-1)31-21-24-39-35(25-31)36-27-42-37(33-15-8-10-18-41(33)48-42)26-40(36)47(39)32-22-19-30(20-23-32)44-45-38-17-9-7-16-34(38)43(46-44)29-13-5-2-6-14-29/h1-27H. The van der Waals surface area contributed by atoms with Crippen molar-refractivity contribution < 1.29 is 0 Å². The van der Waals surface area contributed by atoms with Crippen LogP contribution < -0.4 is 0 Å². The molecule has 0 aliphatic carbocycles. The molecule has 0 radical (unpaired) electrons. The molecule has 4 heteroatoms. The summed E-state index contributed by atoms with van der Waals surface area (Å²) in [7, 11) is 0. The van der Waals surface area contributed by atoms with E-state index in [2.05, 4.69) is 150 Å². The Morgan fingerprint density at radius 1 is 0.396 bits per heavy atom. The quantitative estimate of drug-likeness (QED) is 0.194. The topological polar surface area (TPSA) is 30.7 Å². The molecule has 0 aliphatic rings. The maximum Gasteiger partial charge on any atom is 0.160 e. The number of fused-ring (bicyclic) bond motifs is 7. The lowest BCUT2D eigenvalue weighted by Gasteiger charge is -2.11. The van der Waals surface area contributed by atoms with Gasteiger partial charge in [-0.15, -0.1) is 11.3 Å². The Hall–Kier alpha value is -6.10. The Bertz CT molecular complexity index is 2810. The van der Waals surface area contributed by atoms with Gasteiger partial charge in [-0.1, -0.05) is 103 Å². The molecule has 0 saturated carbocycles. The van der Waals surface area contributed by atoms with Gasteiger partial charge in [0.2, 0.25) is 0 Å². The summed E-state index contributed by atoms with van der Waals surface area (Å²) in [4.78, 5) is 10.1. The number of hydrogen-bond donors (Lipinski definition) is 0. The minimum atomic E-state index is 0.722. The van der Waals surface area contributed by atoms with Gasteiger partial charge in [0.05, 0.1) is 22.2 Å². The van der Waals surface area contributed by atoms with E-state index in [1.807, 2.05) is 29.5 Å². The van der Waals surface area contributed by atoms with E-state index >= 15 is 0 Å². The summed E-state index contributed by atoms with van der Waals surface area (Å²) in [6.07, 6.45) is 0.